The lowest BCUT2D eigenvalue weighted by atomic mass is 9.79. The zero-order valence-corrected chi connectivity index (χ0v) is 9.04. The lowest BCUT2D eigenvalue weighted by Gasteiger charge is -2.27. The Labute approximate surface area is 94.3 Å². The van der Waals surface area contributed by atoms with Gasteiger partial charge < -0.3 is 0 Å². The Balaban J connectivity index is 2.33. The Morgan fingerprint density at radius 1 is 1.44 bits per heavy atom. The number of nitriles is 1. The second-order valence-corrected chi connectivity index (χ2v) is 3.86. The van der Waals surface area contributed by atoms with Crippen molar-refractivity contribution < 1.29 is 0 Å². The number of aromatic nitrogens is 1. The average Bonchev–Trinajstić information content (AvgIpc) is 2.80. The zero-order valence-electron chi connectivity index (χ0n) is 9.04. The van der Waals surface area contributed by atoms with Gasteiger partial charge in [0.25, 0.3) is 0 Å². The summed E-state index contributed by atoms with van der Waals surface area (Å²) in [6, 6.07) is 6.08. The van der Waals surface area contributed by atoms with Gasteiger partial charge in [-0.2, -0.15) is 15.5 Å². The highest BCUT2D eigenvalue weighted by Gasteiger charge is 2.36. The number of rotatable bonds is 3. The summed E-state index contributed by atoms with van der Waals surface area (Å²) in [6.45, 7) is 2.06. The van der Waals surface area contributed by atoms with Crippen LogP contribution in [0.4, 0.5) is 0 Å². The molecular formula is C12H12N4. The molecule has 0 bridgehead atoms. The van der Waals surface area contributed by atoms with Crippen LogP contribution in [-0.4, -0.2) is 10.5 Å². The maximum absolute atomic E-state index is 8.89. The highest BCUT2D eigenvalue weighted by molar-refractivity contribution is 5.28. The normalized spacial score (nSPS) is 24.2. The zero-order chi connectivity index (χ0) is 11.4. The summed E-state index contributed by atoms with van der Waals surface area (Å²) >= 11 is 0. The molecule has 0 saturated carbocycles. The number of nitrogens with zero attached hydrogens (tertiary/aromatic N) is 4. The van der Waals surface area contributed by atoms with E-state index in [4.69, 9.17) is 5.26 Å². The maximum atomic E-state index is 8.89. The molecule has 1 aromatic heterocycles. The summed E-state index contributed by atoms with van der Waals surface area (Å²) in [5.74, 6) is 0.123. The molecule has 0 fully saturated rings. The number of pyridine rings is 1. The fourth-order valence-electron chi connectivity index (χ4n) is 1.88. The third-order valence-electron chi connectivity index (χ3n) is 2.99. The van der Waals surface area contributed by atoms with Gasteiger partial charge in [0.1, 0.15) is 5.54 Å². The van der Waals surface area contributed by atoms with E-state index in [0.29, 0.717) is 6.42 Å². The highest BCUT2D eigenvalue weighted by Crippen LogP contribution is 2.37. The van der Waals surface area contributed by atoms with Gasteiger partial charge in [0.15, 0.2) is 0 Å². The third kappa shape index (κ3) is 1.72. The summed E-state index contributed by atoms with van der Waals surface area (Å²) in [6.07, 6.45) is 7.41. The largest absolute Gasteiger partial charge is 0.265 e. The van der Waals surface area contributed by atoms with E-state index in [9.17, 15) is 0 Å². The molecule has 80 valence electrons. The fourth-order valence-corrected chi connectivity index (χ4v) is 1.88. The van der Waals surface area contributed by atoms with Gasteiger partial charge in [-0.25, -0.2) is 0 Å². The van der Waals surface area contributed by atoms with E-state index in [1.165, 1.54) is 0 Å². The Bertz CT molecular complexity index is 444. The van der Waals surface area contributed by atoms with Crippen LogP contribution in [0, 0.1) is 11.3 Å². The first-order valence-corrected chi connectivity index (χ1v) is 5.15. The molecule has 0 aliphatic carbocycles. The third-order valence-corrected chi connectivity index (χ3v) is 2.99. The molecule has 2 heterocycles. The molecule has 2 rings (SSSR count). The first-order chi connectivity index (χ1) is 7.78. The summed E-state index contributed by atoms with van der Waals surface area (Å²) in [5.41, 5.74) is 0.617. The van der Waals surface area contributed by atoms with Crippen LogP contribution in [0.1, 0.15) is 24.8 Å². The van der Waals surface area contributed by atoms with Crippen molar-refractivity contribution in [1.29, 1.82) is 5.26 Å². The molecule has 0 spiro atoms. The molecule has 1 aliphatic heterocycles. The van der Waals surface area contributed by atoms with E-state index in [1.807, 2.05) is 18.2 Å². The lowest BCUT2D eigenvalue weighted by Crippen LogP contribution is -2.28. The van der Waals surface area contributed by atoms with E-state index in [-0.39, 0.29) is 5.92 Å². The summed E-state index contributed by atoms with van der Waals surface area (Å²) in [7, 11) is 0. The van der Waals surface area contributed by atoms with Crippen molar-refractivity contribution in [2.45, 2.75) is 24.8 Å². The summed E-state index contributed by atoms with van der Waals surface area (Å²) < 4.78 is 0. The smallest absolute Gasteiger partial charge is 0.121 e. The Hall–Kier alpha value is -2.02. The average molecular weight is 212 g/mol. The van der Waals surface area contributed by atoms with Crippen molar-refractivity contribution in [1.82, 2.24) is 4.98 Å². The molecular weight excluding hydrogens is 200 g/mol. The van der Waals surface area contributed by atoms with Crippen molar-refractivity contribution in [3.05, 3.63) is 42.4 Å². The van der Waals surface area contributed by atoms with Gasteiger partial charge in [0.2, 0.25) is 0 Å². The van der Waals surface area contributed by atoms with E-state index in [1.54, 1.807) is 18.6 Å². The Morgan fingerprint density at radius 3 is 2.75 bits per heavy atom. The standard InChI is InChI=1S/C12H12N4/c1-10(11-2-7-14-8-3-11)12(4-6-13)5-9-15-16-12/h2-3,5,7-10H,4H2,1H3/t10-,12+/m0/s1. The number of hydrogen-bond donors (Lipinski definition) is 0. The van der Waals surface area contributed by atoms with Crippen molar-refractivity contribution >= 4 is 0 Å². The molecule has 0 aromatic carbocycles. The Morgan fingerprint density at radius 2 is 2.19 bits per heavy atom. The quantitative estimate of drug-likeness (QED) is 0.773. The molecule has 1 aliphatic rings. The molecule has 4 nitrogen and oxygen atoms in total. The van der Waals surface area contributed by atoms with Crippen molar-refractivity contribution in [3.8, 4) is 6.07 Å². The molecule has 4 heteroatoms. The highest BCUT2D eigenvalue weighted by atomic mass is 15.2. The molecule has 0 amide bonds. The van der Waals surface area contributed by atoms with Gasteiger partial charge in [-0.05, 0) is 23.8 Å². The van der Waals surface area contributed by atoms with Gasteiger partial charge in [-0.3, -0.25) is 4.98 Å². The SMILES string of the molecule is C[C@@H](c1ccncc1)[C@@]1(CC#N)C=CN=N1. The summed E-state index contributed by atoms with van der Waals surface area (Å²) in [5, 5.41) is 17.0. The predicted molar refractivity (Wildman–Crippen MR) is 59.6 cm³/mol. The minimum absolute atomic E-state index is 0.123. The summed E-state index contributed by atoms with van der Waals surface area (Å²) in [4.78, 5) is 3.99. The topological polar surface area (TPSA) is 61.4 Å². The van der Waals surface area contributed by atoms with Crippen LogP contribution in [0.5, 0.6) is 0 Å². The molecule has 0 saturated heterocycles. The first-order valence-electron chi connectivity index (χ1n) is 5.15. The van der Waals surface area contributed by atoms with Crippen molar-refractivity contribution in [2.75, 3.05) is 0 Å². The van der Waals surface area contributed by atoms with E-state index >= 15 is 0 Å². The minimum atomic E-state index is -0.504. The van der Waals surface area contributed by atoms with Crippen LogP contribution >= 0.6 is 0 Å². The van der Waals surface area contributed by atoms with Gasteiger partial charge in [-0.1, -0.05) is 6.92 Å². The first kappa shape index (κ1) is 10.5. The number of azo groups is 1. The minimum Gasteiger partial charge on any atom is -0.265 e. The fraction of sp³-hybridized carbons (Fsp3) is 0.333. The second-order valence-electron chi connectivity index (χ2n) is 3.86. The van der Waals surface area contributed by atoms with Gasteiger partial charge >= 0.3 is 0 Å². The van der Waals surface area contributed by atoms with Crippen LogP contribution < -0.4 is 0 Å². The predicted octanol–water partition coefficient (Wildman–Crippen LogP) is 2.82. The molecule has 1 aromatic rings. The molecule has 2 atom stereocenters. The van der Waals surface area contributed by atoms with Crippen LogP contribution in [0.15, 0.2) is 47.0 Å². The molecule has 16 heavy (non-hydrogen) atoms. The van der Waals surface area contributed by atoms with Crippen LogP contribution in [0.25, 0.3) is 0 Å². The molecule has 0 radical (unpaired) electrons. The molecule has 0 unspecified atom stereocenters. The second kappa shape index (κ2) is 4.23. The van der Waals surface area contributed by atoms with E-state index in [2.05, 4.69) is 28.2 Å². The van der Waals surface area contributed by atoms with Crippen LogP contribution in [0.3, 0.4) is 0 Å². The lowest BCUT2D eigenvalue weighted by molar-refractivity contribution is 0.452. The monoisotopic (exact) mass is 212 g/mol. The van der Waals surface area contributed by atoms with Gasteiger partial charge in [0, 0.05) is 24.5 Å². The van der Waals surface area contributed by atoms with Gasteiger partial charge in [-0.15, -0.1) is 0 Å². The van der Waals surface area contributed by atoms with Crippen molar-refractivity contribution in [3.63, 3.8) is 0 Å². The van der Waals surface area contributed by atoms with Crippen LogP contribution in [0.2, 0.25) is 0 Å². The van der Waals surface area contributed by atoms with E-state index < -0.39 is 5.54 Å². The van der Waals surface area contributed by atoms with Crippen molar-refractivity contribution in [2.24, 2.45) is 10.2 Å². The van der Waals surface area contributed by atoms with E-state index in [0.717, 1.165) is 5.56 Å². The van der Waals surface area contributed by atoms with Crippen LogP contribution in [-0.2, 0) is 0 Å². The van der Waals surface area contributed by atoms with Gasteiger partial charge in [0.05, 0.1) is 12.5 Å². The molecule has 0 N–H and O–H groups in total. The maximum Gasteiger partial charge on any atom is 0.121 e. The Kier molecular flexibility index (Phi) is 2.78. The number of hydrogen-bond acceptors (Lipinski definition) is 4.